The van der Waals surface area contributed by atoms with Crippen molar-refractivity contribution in [1.29, 1.82) is 1.34 Å². The minimum Gasteiger partial charge on any atom is -0.488 e. The second-order valence-corrected chi connectivity index (χ2v) is 8.77. The quantitative estimate of drug-likeness (QED) is 0.258. The maximum Gasteiger partial charge on any atom is 0.339 e. The van der Waals surface area contributed by atoms with Crippen molar-refractivity contribution >= 4 is 30.1 Å². The molecule has 4 aromatic rings. The summed E-state index contributed by atoms with van der Waals surface area (Å²) in [4.78, 5) is 0. The molecule has 0 fully saturated rings. The highest BCUT2D eigenvalue weighted by atomic mass is 32.1. The molecule has 0 unspecified atom stereocenters. The average Bonchev–Trinajstić information content (AvgIpc) is 3.20. The molecular formula is C26H27BFNO2S. The van der Waals surface area contributed by atoms with Gasteiger partial charge < -0.3 is 14.0 Å². The Bertz CT molecular complexity index is 1260. The van der Waals surface area contributed by atoms with Crippen LogP contribution in [0, 0.1) is 12.7 Å². The molecule has 0 saturated carbocycles. The van der Waals surface area contributed by atoms with Gasteiger partial charge in [-0.1, -0.05) is 50.2 Å². The van der Waals surface area contributed by atoms with Crippen LogP contribution in [-0.4, -0.2) is 19.2 Å². The van der Waals surface area contributed by atoms with Gasteiger partial charge in [0.2, 0.25) is 0 Å². The molecule has 0 saturated heterocycles. The first-order valence-electron chi connectivity index (χ1n) is 11.1. The van der Waals surface area contributed by atoms with E-state index in [4.69, 9.17) is 10.7 Å². The molecule has 0 aliphatic carbocycles. The summed E-state index contributed by atoms with van der Waals surface area (Å²) >= 11 is 4.05. The Hall–Kier alpha value is -2.70. The van der Waals surface area contributed by atoms with Crippen molar-refractivity contribution in [3.63, 3.8) is 0 Å². The van der Waals surface area contributed by atoms with Gasteiger partial charge in [-0.05, 0) is 54.4 Å². The van der Waals surface area contributed by atoms with Gasteiger partial charge in [-0.15, -0.1) is 0 Å². The molecule has 0 N–H and O–H groups in total. The van der Waals surface area contributed by atoms with E-state index in [-0.39, 0.29) is 5.82 Å². The molecule has 0 aliphatic heterocycles. The summed E-state index contributed by atoms with van der Waals surface area (Å²) in [6, 6.07) is 23.2. The second kappa shape index (κ2) is 9.43. The number of nitrogens with zero attached hydrogens (tertiary/aromatic N) is 1. The predicted molar refractivity (Wildman–Crippen MR) is 134 cm³/mol. The molecule has 3 nitrogen and oxygen atoms in total. The summed E-state index contributed by atoms with van der Waals surface area (Å²) in [5, 5.41) is 0.965. The molecule has 0 radical (unpaired) electrons. The molecule has 164 valence electrons. The summed E-state index contributed by atoms with van der Waals surface area (Å²) in [7, 11) is 0. The van der Waals surface area contributed by atoms with Crippen molar-refractivity contribution in [2.24, 2.45) is 0 Å². The summed E-state index contributed by atoms with van der Waals surface area (Å²) < 4.78 is 35.6. The van der Waals surface area contributed by atoms with E-state index in [0.717, 1.165) is 33.6 Å². The molecule has 0 atom stereocenters. The number of rotatable bonds is 8. The molecule has 6 heteroatoms. The predicted octanol–water partition coefficient (Wildman–Crippen LogP) is 6.15. The average molecular weight is 449 g/mol. The fraction of sp³-hybridized carbons (Fsp3) is 0.231. The third kappa shape index (κ3) is 4.57. The van der Waals surface area contributed by atoms with Crippen LogP contribution >= 0.6 is 12.5 Å². The number of ether oxygens (including phenoxy) is 1. The Kier molecular flexibility index (Phi) is 6.24. The first-order valence-corrected chi connectivity index (χ1v) is 11.1. The number of halogens is 1. The van der Waals surface area contributed by atoms with Crippen LogP contribution < -0.4 is 4.74 Å². The monoisotopic (exact) mass is 449 g/mol. The van der Waals surface area contributed by atoms with Crippen LogP contribution in [0.25, 0.3) is 16.6 Å². The topological polar surface area (TPSA) is 23.4 Å². The minimum absolute atomic E-state index is 0.238. The van der Waals surface area contributed by atoms with E-state index in [1.54, 1.807) is 13.0 Å². The lowest BCUT2D eigenvalue weighted by molar-refractivity contribution is 0.253. The summed E-state index contributed by atoms with van der Waals surface area (Å²) in [5.74, 6) is 0.540. The maximum absolute atomic E-state index is 14.0. The molecule has 1 aromatic heterocycles. The molecule has 0 bridgehead atoms. The Morgan fingerprint density at radius 2 is 1.84 bits per heavy atom. The van der Waals surface area contributed by atoms with E-state index in [1.807, 2.05) is 54.6 Å². The first-order chi connectivity index (χ1) is 15.8. The minimum atomic E-state index is -0.917. The van der Waals surface area contributed by atoms with E-state index >= 15 is 0 Å². The largest absolute Gasteiger partial charge is 0.488 e. The standard InChI is InChI=1S/C26H27BFNO2S/c1-18-14-20(12-13-22(18)28)29-23-10-7-11-24(30-16-19-8-5-4-6-9-19)21(23)15-25(29)26(2,3)17-31-27-32/h4-15,27,32H,16-17H2,1-3H3/i27T. The Morgan fingerprint density at radius 3 is 2.56 bits per heavy atom. The zero-order valence-electron chi connectivity index (χ0n) is 19.5. The van der Waals surface area contributed by atoms with Gasteiger partial charge >= 0.3 is 6.72 Å². The SMILES string of the molecule is [3H]B(S)OCC(C)(C)c1cc2c(OCc3ccccc3)cccc2n1-c1ccc(F)c(C)c1. The fourth-order valence-electron chi connectivity index (χ4n) is 3.93. The second-order valence-electron chi connectivity index (χ2n) is 8.56. The smallest absolute Gasteiger partial charge is 0.339 e. The Labute approximate surface area is 196 Å². The summed E-state index contributed by atoms with van der Waals surface area (Å²) in [5.41, 5.74) is 4.02. The number of benzene rings is 3. The van der Waals surface area contributed by atoms with Gasteiger partial charge in [0.1, 0.15) is 18.2 Å². The molecule has 0 spiro atoms. The number of aromatic nitrogens is 1. The molecular weight excluding hydrogens is 420 g/mol. The van der Waals surface area contributed by atoms with Crippen LogP contribution in [0.2, 0.25) is 0 Å². The third-order valence-electron chi connectivity index (χ3n) is 5.65. The lowest BCUT2D eigenvalue weighted by Gasteiger charge is -2.27. The van der Waals surface area contributed by atoms with Crippen molar-refractivity contribution in [2.75, 3.05) is 6.61 Å². The van der Waals surface area contributed by atoms with Crippen LogP contribution in [0.4, 0.5) is 4.39 Å². The lowest BCUT2D eigenvalue weighted by Crippen LogP contribution is -2.27. The van der Waals surface area contributed by atoms with Crippen molar-refractivity contribution < 1.29 is 13.8 Å². The highest BCUT2D eigenvalue weighted by molar-refractivity contribution is 8.06. The van der Waals surface area contributed by atoms with E-state index in [1.165, 1.54) is 6.07 Å². The molecule has 0 aliphatic rings. The van der Waals surface area contributed by atoms with Gasteiger partial charge in [-0.3, -0.25) is 0 Å². The van der Waals surface area contributed by atoms with Crippen LogP contribution in [0.15, 0.2) is 72.8 Å². The number of thiol groups is 1. The van der Waals surface area contributed by atoms with Crippen LogP contribution in [0.3, 0.4) is 0 Å². The molecule has 3 aromatic carbocycles. The van der Waals surface area contributed by atoms with Gasteiger partial charge in [0.05, 0.1) is 5.52 Å². The summed E-state index contributed by atoms with van der Waals surface area (Å²) in [6.45, 7) is 5.74. The Morgan fingerprint density at radius 1 is 1.06 bits per heavy atom. The van der Waals surface area contributed by atoms with Gasteiger partial charge in [0.15, 0.2) is 0 Å². The first kappa shape index (κ1) is 21.2. The maximum atomic E-state index is 14.0. The van der Waals surface area contributed by atoms with E-state index < -0.39 is 12.1 Å². The molecule has 32 heavy (non-hydrogen) atoms. The van der Waals surface area contributed by atoms with Gasteiger partial charge in [-0.2, -0.15) is 12.5 Å². The zero-order valence-corrected chi connectivity index (χ0v) is 19.4. The van der Waals surface area contributed by atoms with Crippen LogP contribution in [0.1, 0.15) is 30.7 Å². The fourth-order valence-corrected chi connectivity index (χ4v) is 4.00. The van der Waals surface area contributed by atoms with Gasteiger partial charge in [0.25, 0.3) is 0 Å². The van der Waals surface area contributed by atoms with Crippen molar-refractivity contribution in [3.8, 4) is 11.4 Å². The lowest BCUT2D eigenvalue weighted by atomic mass is 9.89. The highest BCUT2D eigenvalue weighted by Gasteiger charge is 2.28. The third-order valence-corrected chi connectivity index (χ3v) is 5.80. The van der Waals surface area contributed by atoms with Crippen LogP contribution in [-0.2, 0) is 16.7 Å². The molecule has 1 heterocycles. The number of hydrogen-bond acceptors (Lipinski definition) is 3. The van der Waals surface area contributed by atoms with E-state index in [0.29, 0.717) is 18.8 Å². The van der Waals surface area contributed by atoms with E-state index in [2.05, 4.69) is 37.0 Å². The highest BCUT2D eigenvalue weighted by Crippen LogP contribution is 2.37. The summed E-state index contributed by atoms with van der Waals surface area (Å²) in [6.07, 6.45) is 0. The van der Waals surface area contributed by atoms with Gasteiger partial charge in [0, 0.05) is 30.1 Å². The molecule has 0 amide bonds. The van der Waals surface area contributed by atoms with Crippen molar-refractivity contribution in [3.05, 3.63) is 95.4 Å². The molecule has 4 rings (SSSR count). The zero-order chi connectivity index (χ0) is 23.6. The Balaban J connectivity index is 1.84. The number of hydrogen-bond donors (Lipinski definition) is 1. The van der Waals surface area contributed by atoms with Gasteiger partial charge in [-0.25, -0.2) is 4.39 Å². The van der Waals surface area contributed by atoms with Crippen molar-refractivity contribution in [2.45, 2.75) is 32.8 Å². The van der Waals surface area contributed by atoms with E-state index in [9.17, 15) is 4.39 Å². The number of fused-ring (bicyclic) bond motifs is 1. The normalized spacial score (nSPS) is 12.1. The van der Waals surface area contributed by atoms with Crippen molar-refractivity contribution in [1.82, 2.24) is 4.57 Å². The number of aryl methyl sites for hydroxylation is 1. The van der Waals surface area contributed by atoms with Crippen LogP contribution in [0.5, 0.6) is 5.75 Å².